The van der Waals surface area contributed by atoms with Gasteiger partial charge in [0.05, 0.1) is 37.5 Å². The van der Waals surface area contributed by atoms with Gasteiger partial charge in [-0.05, 0) is 25.1 Å². The molecule has 0 aliphatic carbocycles. The van der Waals surface area contributed by atoms with Crippen molar-refractivity contribution in [1.29, 1.82) is 0 Å². The van der Waals surface area contributed by atoms with E-state index < -0.39 is 34.7 Å². The Morgan fingerprint density at radius 1 is 1.00 bits per heavy atom. The van der Waals surface area contributed by atoms with Gasteiger partial charge < -0.3 is 29.6 Å². The fraction of sp³-hybridized carbons (Fsp3) is 0.286. The van der Waals surface area contributed by atoms with Crippen molar-refractivity contribution in [3.05, 3.63) is 46.0 Å². The predicted octanol–water partition coefficient (Wildman–Crippen LogP) is 2.76. The van der Waals surface area contributed by atoms with E-state index in [2.05, 4.69) is 10.6 Å². The summed E-state index contributed by atoms with van der Waals surface area (Å²) in [6.07, 6.45) is 0. The molecule has 2 N–H and O–H groups in total. The van der Waals surface area contributed by atoms with Crippen LogP contribution in [0.3, 0.4) is 0 Å². The van der Waals surface area contributed by atoms with E-state index in [-0.39, 0.29) is 29.7 Å². The summed E-state index contributed by atoms with van der Waals surface area (Å²) in [6, 6.07) is 6.74. The minimum Gasteiger partial charge on any atom is -0.495 e. The molecule has 0 heterocycles. The Bertz CT molecular complexity index is 1070. The number of nitro groups is 1. The van der Waals surface area contributed by atoms with Crippen molar-refractivity contribution in [1.82, 2.24) is 0 Å². The zero-order valence-electron chi connectivity index (χ0n) is 18.4. The average Bonchev–Trinajstić information content (AvgIpc) is 2.77. The summed E-state index contributed by atoms with van der Waals surface area (Å²) < 4.78 is 20.5. The van der Waals surface area contributed by atoms with E-state index in [4.69, 9.17) is 18.9 Å². The minimum absolute atomic E-state index is 0.0899. The quantitative estimate of drug-likeness (QED) is 0.308. The fourth-order valence-electron chi connectivity index (χ4n) is 2.77. The topological polar surface area (TPSA) is 155 Å². The van der Waals surface area contributed by atoms with Gasteiger partial charge in [-0.1, -0.05) is 0 Å². The molecule has 176 valence electrons. The number of hydrogen-bond donors (Lipinski definition) is 2. The van der Waals surface area contributed by atoms with Crippen molar-refractivity contribution in [2.45, 2.75) is 13.8 Å². The van der Waals surface area contributed by atoms with Crippen LogP contribution in [0.15, 0.2) is 30.3 Å². The van der Waals surface area contributed by atoms with Gasteiger partial charge in [0.2, 0.25) is 5.91 Å². The van der Waals surface area contributed by atoms with Crippen molar-refractivity contribution in [2.75, 3.05) is 38.1 Å². The van der Waals surface area contributed by atoms with Crippen molar-refractivity contribution in [3.8, 4) is 17.2 Å². The summed E-state index contributed by atoms with van der Waals surface area (Å²) in [7, 11) is 2.70. The highest BCUT2D eigenvalue weighted by atomic mass is 16.6. The zero-order valence-corrected chi connectivity index (χ0v) is 18.4. The van der Waals surface area contributed by atoms with Crippen LogP contribution in [0.2, 0.25) is 0 Å². The molecule has 0 spiro atoms. The van der Waals surface area contributed by atoms with Crippen molar-refractivity contribution >= 4 is 34.8 Å². The number of nitrogens with zero attached hydrogens (tertiary/aromatic N) is 1. The van der Waals surface area contributed by atoms with Crippen LogP contribution in [-0.4, -0.2) is 50.1 Å². The number of methoxy groups -OCH3 is 2. The van der Waals surface area contributed by atoms with E-state index in [1.807, 2.05) is 0 Å². The molecule has 2 rings (SSSR count). The molecule has 2 aromatic carbocycles. The summed E-state index contributed by atoms with van der Waals surface area (Å²) in [5.41, 5.74) is -0.334. The molecule has 0 aliphatic rings. The molecule has 0 saturated heterocycles. The Morgan fingerprint density at radius 2 is 1.70 bits per heavy atom. The van der Waals surface area contributed by atoms with Crippen molar-refractivity contribution in [2.24, 2.45) is 0 Å². The van der Waals surface area contributed by atoms with Gasteiger partial charge >= 0.3 is 5.97 Å². The normalized spacial score (nSPS) is 10.1. The lowest BCUT2D eigenvalue weighted by Gasteiger charge is -2.13. The molecule has 33 heavy (non-hydrogen) atoms. The van der Waals surface area contributed by atoms with E-state index in [9.17, 15) is 24.5 Å². The molecule has 0 aliphatic heterocycles. The number of ether oxygens (including phenoxy) is 4. The monoisotopic (exact) mass is 461 g/mol. The molecule has 0 saturated carbocycles. The predicted molar refractivity (Wildman–Crippen MR) is 117 cm³/mol. The number of nitrogens with one attached hydrogen (secondary N) is 2. The van der Waals surface area contributed by atoms with Crippen LogP contribution < -0.4 is 24.8 Å². The maximum atomic E-state index is 12.5. The molecule has 0 fully saturated rings. The number of carbonyl (C=O) groups excluding carboxylic acids is 3. The van der Waals surface area contributed by atoms with Crippen LogP contribution in [-0.2, 0) is 14.3 Å². The number of carbonyl (C=O) groups is 3. The van der Waals surface area contributed by atoms with E-state index in [1.54, 1.807) is 13.0 Å². The van der Waals surface area contributed by atoms with Gasteiger partial charge in [-0.3, -0.25) is 19.7 Å². The fourth-order valence-corrected chi connectivity index (χ4v) is 2.77. The van der Waals surface area contributed by atoms with Gasteiger partial charge in [-0.25, -0.2) is 4.79 Å². The number of esters is 1. The summed E-state index contributed by atoms with van der Waals surface area (Å²) in [4.78, 5) is 46.7. The maximum absolute atomic E-state index is 12.5. The molecular formula is C21H23N3O9. The summed E-state index contributed by atoms with van der Waals surface area (Å²) in [5.74, 6) is -1.65. The Balaban J connectivity index is 2.17. The molecule has 0 bridgehead atoms. The number of rotatable bonds is 10. The second kappa shape index (κ2) is 11.3. The summed E-state index contributed by atoms with van der Waals surface area (Å²) in [6.45, 7) is 2.51. The Labute approximate surface area is 188 Å². The Morgan fingerprint density at radius 3 is 2.27 bits per heavy atom. The van der Waals surface area contributed by atoms with Crippen LogP contribution >= 0.6 is 0 Å². The van der Waals surface area contributed by atoms with Gasteiger partial charge in [-0.15, -0.1) is 0 Å². The molecular weight excluding hydrogens is 438 g/mol. The molecule has 0 radical (unpaired) electrons. The van der Waals surface area contributed by atoms with Crippen molar-refractivity contribution in [3.63, 3.8) is 0 Å². The highest BCUT2D eigenvalue weighted by Crippen LogP contribution is 2.35. The minimum atomic E-state index is -1.10. The second-order valence-electron chi connectivity index (χ2n) is 6.43. The maximum Gasteiger partial charge on any atom is 0.345 e. The molecule has 0 atom stereocenters. The highest BCUT2D eigenvalue weighted by molar-refractivity contribution is 5.99. The van der Waals surface area contributed by atoms with Crippen LogP contribution in [0.1, 0.15) is 24.2 Å². The average molecular weight is 461 g/mol. The molecule has 2 amide bonds. The number of benzene rings is 2. The molecule has 0 unspecified atom stereocenters. The lowest BCUT2D eigenvalue weighted by Crippen LogP contribution is -2.22. The first-order valence-corrected chi connectivity index (χ1v) is 9.61. The number of anilines is 2. The largest absolute Gasteiger partial charge is 0.495 e. The van der Waals surface area contributed by atoms with E-state index in [1.165, 1.54) is 33.3 Å². The lowest BCUT2D eigenvalue weighted by molar-refractivity contribution is -0.385. The standard InChI is InChI=1S/C21H23N3O9/c1-5-32-19-10-16(24(28)29)14(9-18(19)31-4)21(27)33-11-20(26)23-15-8-13(22-12(2)25)6-7-17(15)30-3/h6-10H,5,11H2,1-4H3,(H,22,25)(H,23,26). The third kappa shape index (κ3) is 6.56. The van der Waals surface area contributed by atoms with Crippen LogP contribution in [0.25, 0.3) is 0 Å². The first kappa shape index (κ1) is 24.9. The summed E-state index contributed by atoms with van der Waals surface area (Å²) >= 11 is 0. The molecule has 2 aromatic rings. The van der Waals surface area contributed by atoms with E-state index >= 15 is 0 Å². The van der Waals surface area contributed by atoms with Crippen LogP contribution in [0, 0.1) is 10.1 Å². The number of nitro benzene ring substituents is 1. The first-order valence-electron chi connectivity index (χ1n) is 9.61. The highest BCUT2D eigenvalue weighted by Gasteiger charge is 2.26. The first-order chi connectivity index (χ1) is 15.7. The zero-order chi connectivity index (χ0) is 24.5. The Hall–Kier alpha value is -4.35. The number of hydrogen-bond acceptors (Lipinski definition) is 9. The van der Waals surface area contributed by atoms with Gasteiger partial charge in [-0.2, -0.15) is 0 Å². The third-order valence-corrected chi connectivity index (χ3v) is 4.13. The van der Waals surface area contributed by atoms with Crippen molar-refractivity contribution < 1.29 is 38.3 Å². The number of amides is 2. The lowest BCUT2D eigenvalue weighted by atomic mass is 10.1. The molecule has 12 heteroatoms. The van der Waals surface area contributed by atoms with Crippen LogP contribution in [0.4, 0.5) is 17.1 Å². The van der Waals surface area contributed by atoms with Gasteiger partial charge in [0.1, 0.15) is 11.3 Å². The van der Waals surface area contributed by atoms with Crippen LogP contribution in [0.5, 0.6) is 17.2 Å². The van der Waals surface area contributed by atoms with E-state index in [0.29, 0.717) is 11.4 Å². The summed E-state index contributed by atoms with van der Waals surface area (Å²) in [5, 5.41) is 16.5. The van der Waals surface area contributed by atoms with Gasteiger partial charge in [0, 0.05) is 18.7 Å². The van der Waals surface area contributed by atoms with E-state index in [0.717, 1.165) is 12.1 Å². The van der Waals surface area contributed by atoms with Gasteiger partial charge in [0.15, 0.2) is 18.1 Å². The molecule has 12 nitrogen and oxygen atoms in total. The molecule has 0 aromatic heterocycles. The smallest absolute Gasteiger partial charge is 0.345 e. The third-order valence-electron chi connectivity index (χ3n) is 4.13. The van der Waals surface area contributed by atoms with Gasteiger partial charge in [0.25, 0.3) is 11.6 Å². The Kier molecular flexibility index (Phi) is 8.55. The second-order valence-corrected chi connectivity index (χ2v) is 6.43. The SMILES string of the molecule is CCOc1cc([N+](=O)[O-])c(C(=O)OCC(=O)Nc2cc(NC(C)=O)ccc2OC)cc1OC.